The van der Waals surface area contributed by atoms with Crippen LogP contribution in [0.2, 0.25) is 0 Å². The van der Waals surface area contributed by atoms with E-state index in [0.717, 1.165) is 17.2 Å². The van der Waals surface area contributed by atoms with Gasteiger partial charge in [0, 0.05) is 6.20 Å². The molecule has 2 aromatic heterocycles. The minimum absolute atomic E-state index is 0.0783. The standard InChI is InChI=1S/C17H18FN5O/c1-10(2)15(16-20-13-5-3-4-6-14(13)21-16)23-17(24)22-12-7-8-19-9-11(12)18/h3-10,15H,1-2H3,(H,20,21)(H2,19,22,23,24)/t15-/m0/s1. The number of benzene rings is 1. The number of amides is 2. The van der Waals surface area contributed by atoms with Crippen LogP contribution >= 0.6 is 0 Å². The van der Waals surface area contributed by atoms with Crippen LogP contribution < -0.4 is 10.6 Å². The van der Waals surface area contributed by atoms with E-state index in [1.165, 1.54) is 12.3 Å². The number of aromatic amines is 1. The highest BCUT2D eigenvalue weighted by molar-refractivity contribution is 5.89. The van der Waals surface area contributed by atoms with Crippen LogP contribution in [0.4, 0.5) is 14.9 Å². The third-order valence-electron chi connectivity index (χ3n) is 3.68. The number of hydrogen-bond donors (Lipinski definition) is 3. The number of carbonyl (C=O) groups is 1. The number of rotatable bonds is 4. The van der Waals surface area contributed by atoms with Crippen molar-refractivity contribution in [1.29, 1.82) is 0 Å². The van der Waals surface area contributed by atoms with Gasteiger partial charge in [0.2, 0.25) is 0 Å². The number of imidazole rings is 1. The number of halogens is 1. The lowest BCUT2D eigenvalue weighted by atomic mass is 10.0. The predicted octanol–water partition coefficient (Wildman–Crippen LogP) is 3.62. The minimum atomic E-state index is -0.586. The molecule has 3 aromatic rings. The summed E-state index contributed by atoms with van der Waals surface area (Å²) in [6, 6.07) is 8.22. The summed E-state index contributed by atoms with van der Waals surface area (Å²) in [6.07, 6.45) is 2.46. The van der Waals surface area contributed by atoms with Crippen molar-refractivity contribution < 1.29 is 9.18 Å². The Hall–Kier alpha value is -2.96. The highest BCUT2D eigenvalue weighted by Crippen LogP contribution is 2.22. The van der Waals surface area contributed by atoms with Crippen molar-refractivity contribution in [2.45, 2.75) is 19.9 Å². The summed E-state index contributed by atoms with van der Waals surface area (Å²) in [5.74, 6) is 0.174. The molecule has 0 aliphatic carbocycles. The van der Waals surface area contributed by atoms with Gasteiger partial charge >= 0.3 is 6.03 Å². The van der Waals surface area contributed by atoms with Crippen LogP contribution in [0.1, 0.15) is 25.7 Å². The quantitative estimate of drug-likeness (QED) is 0.684. The molecule has 1 atom stereocenters. The van der Waals surface area contributed by atoms with Gasteiger partial charge in [-0.1, -0.05) is 26.0 Å². The fourth-order valence-electron chi connectivity index (χ4n) is 2.45. The molecule has 0 saturated carbocycles. The first-order valence-electron chi connectivity index (χ1n) is 7.66. The van der Waals surface area contributed by atoms with Crippen LogP contribution in [0.25, 0.3) is 11.0 Å². The van der Waals surface area contributed by atoms with Crippen molar-refractivity contribution in [3.8, 4) is 0 Å². The number of nitrogens with zero attached hydrogens (tertiary/aromatic N) is 2. The summed E-state index contributed by atoms with van der Waals surface area (Å²) in [6.45, 7) is 3.95. The van der Waals surface area contributed by atoms with Crippen molar-refractivity contribution in [3.05, 3.63) is 54.4 Å². The van der Waals surface area contributed by atoms with E-state index in [-0.39, 0.29) is 17.6 Å². The molecule has 3 N–H and O–H groups in total. The Morgan fingerprint density at radius 2 is 2.04 bits per heavy atom. The zero-order chi connectivity index (χ0) is 17.1. The molecule has 0 bridgehead atoms. The zero-order valence-electron chi connectivity index (χ0n) is 13.4. The van der Waals surface area contributed by atoms with E-state index in [4.69, 9.17) is 0 Å². The summed E-state index contributed by atoms with van der Waals surface area (Å²) < 4.78 is 13.6. The van der Waals surface area contributed by atoms with Gasteiger partial charge in [-0.15, -0.1) is 0 Å². The van der Waals surface area contributed by atoms with Gasteiger partial charge in [-0.2, -0.15) is 0 Å². The average molecular weight is 327 g/mol. The molecule has 0 aliphatic rings. The fraction of sp³-hybridized carbons (Fsp3) is 0.235. The first-order valence-corrected chi connectivity index (χ1v) is 7.66. The Labute approximate surface area is 138 Å². The van der Waals surface area contributed by atoms with E-state index in [2.05, 4.69) is 25.6 Å². The van der Waals surface area contributed by atoms with Gasteiger partial charge < -0.3 is 15.6 Å². The topological polar surface area (TPSA) is 82.7 Å². The van der Waals surface area contributed by atoms with Crippen LogP contribution in [-0.4, -0.2) is 21.0 Å². The van der Waals surface area contributed by atoms with Gasteiger partial charge in [-0.25, -0.2) is 14.2 Å². The van der Waals surface area contributed by atoms with E-state index in [1.54, 1.807) is 0 Å². The number of fused-ring (bicyclic) bond motifs is 1. The molecule has 24 heavy (non-hydrogen) atoms. The van der Waals surface area contributed by atoms with Crippen LogP contribution in [0.5, 0.6) is 0 Å². The summed E-state index contributed by atoms with van der Waals surface area (Å²) in [5.41, 5.74) is 1.82. The van der Waals surface area contributed by atoms with Crippen molar-refractivity contribution in [1.82, 2.24) is 20.3 Å². The summed E-state index contributed by atoms with van der Waals surface area (Å²) >= 11 is 0. The van der Waals surface area contributed by atoms with E-state index in [1.807, 2.05) is 38.1 Å². The number of anilines is 1. The molecular formula is C17H18FN5O. The molecule has 124 valence electrons. The van der Waals surface area contributed by atoms with Crippen LogP contribution in [0, 0.1) is 11.7 Å². The first kappa shape index (κ1) is 15.9. The Morgan fingerprint density at radius 1 is 1.25 bits per heavy atom. The molecule has 6 nitrogen and oxygen atoms in total. The van der Waals surface area contributed by atoms with Gasteiger partial charge in [0.15, 0.2) is 5.82 Å². The highest BCUT2D eigenvalue weighted by Gasteiger charge is 2.22. The van der Waals surface area contributed by atoms with Gasteiger partial charge in [-0.3, -0.25) is 4.98 Å². The third-order valence-corrected chi connectivity index (χ3v) is 3.68. The van der Waals surface area contributed by atoms with Crippen LogP contribution in [0.15, 0.2) is 42.7 Å². The molecule has 0 unspecified atom stereocenters. The maximum Gasteiger partial charge on any atom is 0.319 e. The van der Waals surface area contributed by atoms with Gasteiger partial charge in [0.1, 0.15) is 5.82 Å². The Bertz CT molecular complexity index is 828. The first-order chi connectivity index (χ1) is 11.5. The predicted molar refractivity (Wildman–Crippen MR) is 90.0 cm³/mol. The van der Waals surface area contributed by atoms with Gasteiger partial charge in [0.05, 0.1) is 29.0 Å². The molecule has 0 spiro atoms. The second-order valence-corrected chi connectivity index (χ2v) is 5.81. The lowest BCUT2D eigenvalue weighted by Gasteiger charge is -2.20. The molecule has 0 aliphatic heterocycles. The Balaban J connectivity index is 1.79. The summed E-state index contributed by atoms with van der Waals surface area (Å²) in [4.78, 5) is 23.6. The van der Waals surface area contributed by atoms with Crippen LogP contribution in [-0.2, 0) is 0 Å². The normalized spacial score (nSPS) is 12.3. The van der Waals surface area contributed by atoms with Crippen molar-refractivity contribution in [2.75, 3.05) is 5.32 Å². The van der Waals surface area contributed by atoms with Crippen LogP contribution in [0.3, 0.4) is 0 Å². The summed E-state index contributed by atoms with van der Waals surface area (Å²) in [7, 11) is 0. The largest absolute Gasteiger partial charge is 0.340 e. The lowest BCUT2D eigenvalue weighted by Crippen LogP contribution is -2.36. The fourth-order valence-corrected chi connectivity index (χ4v) is 2.45. The third kappa shape index (κ3) is 3.34. The number of pyridine rings is 1. The smallest absolute Gasteiger partial charge is 0.319 e. The van der Waals surface area contributed by atoms with Crippen molar-refractivity contribution in [3.63, 3.8) is 0 Å². The highest BCUT2D eigenvalue weighted by atomic mass is 19.1. The van der Waals surface area contributed by atoms with Crippen molar-refractivity contribution >= 4 is 22.8 Å². The Morgan fingerprint density at radius 3 is 2.75 bits per heavy atom. The van der Waals surface area contributed by atoms with Crippen molar-refractivity contribution in [2.24, 2.45) is 5.92 Å². The number of hydrogen-bond acceptors (Lipinski definition) is 3. The molecule has 0 radical (unpaired) electrons. The lowest BCUT2D eigenvalue weighted by molar-refractivity contribution is 0.244. The maximum atomic E-state index is 13.6. The number of urea groups is 1. The molecule has 2 amide bonds. The molecule has 0 fully saturated rings. The number of carbonyl (C=O) groups excluding carboxylic acids is 1. The van der Waals surface area contributed by atoms with E-state index in [0.29, 0.717) is 5.82 Å². The molecule has 0 saturated heterocycles. The second-order valence-electron chi connectivity index (χ2n) is 5.81. The number of H-pyrrole nitrogens is 1. The number of para-hydroxylation sites is 2. The Kier molecular flexibility index (Phi) is 4.41. The van der Waals surface area contributed by atoms with Gasteiger partial charge in [-0.05, 0) is 24.1 Å². The average Bonchev–Trinajstić information content (AvgIpc) is 2.98. The monoisotopic (exact) mass is 327 g/mol. The molecule has 7 heteroatoms. The number of nitrogens with one attached hydrogen (secondary N) is 3. The van der Waals surface area contributed by atoms with Gasteiger partial charge in [0.25, 0.3) is 0 Å². The SMILES string of the molecule is CC(C)[C@H](NC(=O)Nc1ccncc1F)c1nc2ccccc2[nH]1. The second kappa shape index (κ2) is 6.66. The molecule has 1 aromatic carbocycles. The van der Waals surface area contributed by atoms with E-state index < -0.39 is 11.8 Å². The van der Waals surface area contributed by atoms with E-state index in [9.17, 15) is 9.18 Å². The molecular weight excluding hydrogens is 309 g/mol. The summed E-state index contributed by atoms with van der Waals surface area (Å²) in [5, 5.41) is 5.33. The number of aromatic nitrogens is 3. The minimum Gasteiger partial charge on any atom is -0.340 e. The van der Waals surface area contributed by atoms with E-state index >= 15 is 0 Å². The molecule has 3 rings (SSSR count). The zero-order valence-corrected chi connectivity index (χ0v) is 13.4. The molecule has 2 heterocycles. The maximum absolute atomic E-state index is 13.6.